The molecule has 2 atom stereocenters. The summed E-state index contributed by atoms with van der Waals surface area (Å²) in [4.78, 5) is 30.6. The van der Waals surface area contributed by atoms with Gasteiger partial charge >= 0.3 is 0 Å². The molecular formula is C19H19N5OS. The largest absolute Gasteiger partial charge is 0.338 e. The first kappa shape index (κ1) is 15.7. The van der Waals surface area contributed by atoms with Crippen LogP contribution in [0.3, 0.4) is 0 Å². The number of carbonyl (C=O) groups excluding carboxylic acids is 1. The van der Waals surface area contributed by atoms with Gasteiger partial charge in [0.1, 0.15) is 0 Å². The molecule has 0 unspecified atom stereocenters. The minimum Gasteiger partial charge on any atom is -0.338 e. The van der Waals surface area contributed by atoms with Gasteiger partial charge in [-0.15, -0.1) is 11.3 Å². The molecule has 26 heavy (non-hydrogen) atoms. The predicted molar refractivity (Wildman–Crippen MR) is 101 cm³/mol. The van der Waals surface area contributed by atoms with Gasteiger partial charge < -0.3 is 9.80 Å². The number of amides is 1. The van der Waals surface area contributed by atoms with Crippen LogP contribution in [0.5, 0.6) is 0 Å². The van der Waals surface area contributed by atoms with Crippen LogP contribution in [0.15, 0.2) is 42.2 Å². The van der Waals surface area contributed by atoms with Crippen molar-refractivity contribution in [1.29, 1.82) is 0 Å². The number of fused-ring (bicyclic) bond motifs is 5. The number of carbonyl (C=O) groups is 1. The summed E-state index contributed by atoms with van der Waals surface area (Å²) >= 11 is 1.58. The first-order valence-corrected chi connectivity index (χ1v) is 9.82. The minimum atomic E-state index is 0.130. The van der Waals surface area contributed by atoms with Crippen LogP contribution in [-0.4, -0.2) is 51.4 Å². The van der Waals surface area contributed by atoms with Gasteiger partial charge in [-0.25, -0.2) is 15.0 Å². The van der Waals surface area contributed by atoms with Crippen LogP contribution in [0.1, 0.15) is 23.2 Å². The van der Waals surface area contributed by atoms with Gasteiger partial charge in [0.05, 0.1) is 15.7 Å². The molecule has 3 saturated heterocycles. The third-order valence-electron chi connectivity index (χ3n) is 5.39. The Labute approximate surface area is 155 Å². The van der Waals surface area contributed by atoms with Crippen molar-refractivity contribution in [2.24, 2.45) is 5.92 Å². The summed E-state index contributed by atoms with van der Waals surface area (Å²) < 4.78 is 1.06. The first-order chi connectivity index (χ1) is 12.8. The van der Waals surface area contributed by atoms with E-state index in [0.717, 1.165) is 54.2 Å². The monoisotopic (exact) mass is 365 g/mol. The normalized spacial score (nSPS) is 22.6. The van der Waals surface area contributed by atoms with Crippen LogP contribution in [0.2, 0.25) is 0 Å². The second-order valence-corrected chi connectivity index (χ2v) is 7.93. The van der Waals surface area contributed by atoms with E-state index < -0.39 is 0 Å². The lowest BCUT2D eigenvalue weighted by Crippen LogP contribution is -2.47. The lowest BCUT2D eigenvalue weighted by molar-refractivity contribution is 0.0592. The van der Waals surface area contributed by atoms with Gasteiger partial charge in [-0.2, -0.15) is 0 Å². The highest BCUT2D eigenvalue weighted by Gasteiger charge is 2.38. The van der Waals surface area contributed by atoms with E-state index in [4.69, 9.17) is 0 Å². The maximum atomic E-state index is 13.2. The van der Waals surface area contributed by atoms with Crippen LogP contribution in [0.4, 0.5) is 5.95 Å². The number of nitrogens with zero attached hydrogens (tertiary/aromatic N) is 5. The summed E-state index contributed by atoms with van der Waals surface area (Å²) in [7, 11) is 0. The molecule has 1 amide bonds. The number of hydrogen-bond donors (Lipinski definition) is 0. The van der Waals surface area contributed by atoms with Gasteiger partial charge in [-0.1, -0.05) is 0 Å². The Hall–Kier alpha value is -2.54. The lowest BCUT2D eigenvalue weighted by Gasteiger charge is -2.36. The summed E-state index contributed by atoms with van der Waals surface area (Å²) in [6.07, 6.45) is 5.76. The summed E-state index contributed by atoms with van der Waals surface area (Å²) in [6, 6.07) is 7.87. The number of thiazole rings is 1. The Morgan fingerprint density at radius 3 is 2.85 bits per heavy atom. The maximum Gasteiger partial charge on any atom is 0.254 e. The summed E-state index contributed by atoms with van der Waals surface area (Å²) in [5.74, 6) is 1.37. The van der Waals surface area contributed by atoms with Crippen LogP contribution < -0.4 is 4.90 Å². The number of rotatable bonds is 2. The molecule has 3 aromatic rings. The van der Waals surface area contributed by atoms with Gasteiger partial charge in [0.25, 0.3) is 5.91 Å². The summed E-state index contributed by atoms with van der Waals surface area (Å²) in [5.41, 5.74) is 3.54. The molecule has 0 aliphatic carbocycles. The number of anilines is 1. The van der Waals surface area contributed by atoms with Gasteiger partial charge in [-0.3, -0.25) is 4.79 Å². The van der Waals surface area contributed by atoms with Crippen molar-refractivity contribution in [2.75, 3.05) is 24.5 Å². The van der Waals surface area contributed by atoms with Gasteiger partial charge in [0.15, 0.2) is 0 Å². The van der Waals surface area contributed by atoms with Crippen molar-refractivity contribution >= 4 is 33.4 Å². The van der Waals surface area contributed by atoms with Crippen molar-refractivity contribution in [3.63, 3.8) is 0 Å². The molecule has 0 radical (unpaired) electrons. The van der Waals surface area contributed by atoms with Crippen molar-refractivity contribution in [1.82, 2.24) is 19.9 Å². The topological polar surface area (TPSA) is 62.2 Å². The molecule has 0 saturated carbocycles. The van der Waals surface area contributed by atoms with Crippen LogP contribution in [-0.2, 0) is 0 Å². The number of piperidine rings is 1. The molecule has 5 heterocycles. The Kier molecular flexibility index (Phi) is 3.81. The van der Waals surface area contributed by atoms with E-state index in [1.807, 2.05) is 29.8 Å². The third-order valence-corrected chi connectivity index (χ3v) is 6.18. The molecule has 132 valence electrons. The smallest absolute Gasteiger partial charge is 0.254 e. The average molecular weight is 365 g/mol. The Balaban J connectivity index is 1.42. The molecule has 1 aromatic carbocycles. The molecule has 6 nitrogen and oxygen atoms in total. The molecule has 2 aromatic heterocycles. The van der Waals surface area contributed by atoms with Gasteiger partial charge in [0, 0.05) is 43.6 Å². The van der Waals surface area contributed by atoms with Crippen LogP contribution in [0.25, 0.3) is 10.2 Å². The quantitative estimate of drug-likeness (QED) is 0.699. The van der Waals surface area contributed by atoms with Crippen LogP contribution >= 0.6 is 11.3 Å². The van der Waals surface area contributed by atoms with Crippen molar-refractivity contribution < 1.29 is 4.79 Å². The molecule has 3 aliphatic rings. The standard InChI is InChI=1S/C19H19N5OS/c25-18(14-3-5-16-17(8-14)26-12-22-16)24-10-13-2-4-15(24)11-23(9-13)19-20-6-1-7-21-19/h1,3,5-8,12-13,15H,2,4,9-11H2/t13-,15+/m0/s1. The van der Waals surface area contributed by atoms with Crippen LogP contribution in [0, 0.1) is 5.92 Å². The fourth-order valence-corrected chi connectivity index (χ4v) is 4.82. The molecular weight excluding hydrogens is 346 g/mol. The molecule has 3 fully saturated rings. The molecule has 7 heteroatoms. The van der Waals surface area contributed by atoms with E-state index in [0.29, 0.717) is 5.92 Å². The second kappa shape index (κ2) is 6.32. The Morgan fingerprint density at radius 1 is 1.08 bits per heavy atom. The van der Waals surface area contributed by atoms with E-state index in [2.05, 4.69) is 24.8 Å². The lowest BCUT2D eigenvalue weighted by atomic mass is 9.94. The van der Waals surface area contributed by atoms with Gasteiger partial charge in [-0.05, 0) is 43.0 Å². The number of aromatic nitrogens is 3. The molecule has 3 aliphatic heterocycles. The van der Waals surface area contributed by atoms with Gasteiger partial charge in [0.2, 0.25) is 5.95 Å². The highest BCUT2D eigenvalue weighted by Crippen LogP contribution is 2.31. The van der Waals surface area contributed by atoms with Crippen molar-refractivity contribution in [2.45, 2.75) is 18.9 Å². The maximum absolute atomic E-state index is 13.2. The first-order valence-electron chi connectivity index (χ1n) is 8.94. The van der Waals surface area contributed by atoms with E-state index in [1.165, 1.54) is 0 Å². The SMILES string of the molecule is O=C(c1ccc2ncsc2c1)N1C[C@H]2CC[C@@H]1CN(c1ncccn1)C2. The van der Waals surface area contributed by atoms with E-state index in [-0.39, 0.29) is 11.9 Å². The van der Waals surface area contributed by atoms with E-state index in [9.17, 15) is 4.79 Å². The highest BCUT2D eigenvalue weighted by atomic mass is 32.1. The Bertz CT molecular complexity index is 943. The third kappa shape index (κ3) is 2.72. The molecule has 0 spiro atoms. The van der Waals surface area contributed by atoms with E-state index >= 15 is 0 Å². The zero-order chi connectivity index (χ0) is 17.5. The number of hydrogen-bond acceptors (Lipinski definition) is 6. The zero-order valence-corrected chi connectivity index (χ0v) is 15.1. The highest BCUT2D eigenvalue weighted by molar-refractivity contribution is 7.16. The molecule has 6 rings (SSSR count). The summed E-state index contributed by atoms with van der Waals surface area (Å²) in [6.45, 7) is 2.53. The van der Waals surface area contributed by atoms with E-state index in [1.54, 1.807) is 23.7 Å². The fourth-order valence-electron chi connectivity index (χ4n) is 4.10. The average Bonchev–Trinajstić information content (AvgIpc) is 2.97. The molecule has 2 bridgehead atoms. The fraction of sp³-hybridized carbons (Fsp3) is 0.368. The Morgan fingerprint density at radius 2 is 1.96 bits per heavy atom. The minimum absolute atomic E-state index is 0.130. The zero-order valence-electron chi connectivity index (χ0n) is 14.3. The predicted octanol–water partition coefficient (Wildman–Crippen LogP) is 2.83. The van der Waals surface area contributed by atoms with Crippen molar-refractivity contribution in [3.05, 3.63) is 47.7 Å². The summed E-state index contributed by atoms with van der Waals surface area (Å²) in [5, 5.41) is 0. The second-order valence-electron chi connectivity index (χ2n) is 7.04. The molecule has 0 N–H and O–H groups in total. The number of benzene rings is 1. The van der Waals surface area contributed by atoms with Crippen molar-refractivity contribution in [3.8, 4) is 0 Å².